The van der Waals surface area contributed by atoms with Gasteiger partial charge in [0.15, 0.2) is 0 Å². The van der Waals surface area contributed by atoms with Crippen molar-refractivity contribution in [3.05, 3.63) is 0 Å². The van der Waals surface area contributed by atoms with Gasteiger partial charge in [-0.1, -0.05) is 12.8 Å². The van der Waals surface area contributed by atoms with Gasteiger partial charge in [-0.3, -0.25) is 4.90 Å². The maximum atomic E-state index is 3.46. The minimum Gasteiger partial charge on any atom is -0.314 e. The summed E-state index contributed by atoms with van der Waals surface area (Å²) in [4.78, 5) is 2.78. The van der Waals surface area contributed by atoms with Crippen molar-refractivity contribution in [2.45, 2.75) is 44.6 Å². The van der Waals surface area contributed by atoms with Gasteiger partial charge in [0.25, 0.3) is 0 Å². The molecular formula is C12H22N2. The number of hydrogen-bond donors (Lipinski definition) is 1. The Morgan fingerprint density at radius 1 is 1.00 bits per heavy atom. The van der Waals surface area contributed by atoms with Crippen LogP contribution in [0, 0.1) is 5.41 Å². The Bertz CT molecular complexity index is 204. The Kier molecular flexibility index (Phi) is 2.29. The van der Waals surface area contributed by atoms with E-state index in [9.17, 15) is 0 Å². The second kappa shape index (κ2) is 3.49. The smallest absolute Gasteiger partial charge is 0.0153 e. The van der Waals surface area contributed by atoms with Gasteiger partial charge in [0.2, 0.25) is 0 Å². The number of nitrogens with zero attached hydrogens (tertiary/aromatic N) is 1. The van der Waals surface area contributed by atoms with Crippen LogP contribution in [0.3, 0.4) is 0 Å². The Balaban J connectivity index is 1.69. The quantitative estimate of drug-likeness (QED) is 0.682. The van der Waals surface area contributed by atoms with E-state index in [-0.39, 0.29) is 0 Å². The van der Waals surface area contributed by atoms with E-state index in [0.29, 0.717) is 0 Å². The van der Waals surface area contributed by atoms with Crippen LogP contribution in [0.2, 0.25) is 0 Å². The van der Waals surface area contributed by atoms with Gasteiger partial charge in [-0.15, -0.1) is 0 Å². The lowest BCUT2D eigenvalue weighted by Crippen LogP contribution is -2.52. The standard InChI is InChI=1S/C12H22N2/c1-2-4-12(5-6-12)11(3-1)14-9-7-13-8-10-14/h11,13H,1-10H2. The van der Waals surface area contributed by atoms with E-state index in [0.717, 1.165) is 11.5 Å². The SMILES string of the molecule is C1CCC2(CC2)C(N2CCNCC2)C1. The molecule has 3 fully saturated rings. The zero-order chi connectivity index (χ0) is 9.43. The maximum Gasteiger partial charge on any atom is 0.0153 e. The van der Waals surface area contributed by atoms with Crippen LogP contribution in [-0.4, -0.2) is 37.1 Å². The molecule has 1 N–H and O–H groups in total. The van der Waals surface area contributed by atoms with Crippen molar-refractivity contribution < 1.29 is 0 Å². The molecular weight excluding hydrogens is 172 g/mol. The highest BCUT2D eigenvalue weighted by Crippen LogP contribution is 2.57. The van der Waals surface area contributed by atoms with Gasteiger partial charge in [-0.25, -0.2) is 0 Å². The Morgan fingerprint density at radius 2 is 1.79 bits per heavy atom. The van der Waals surface area contributed by atoms with Crippen LogP contribution >= 0.6 is 0 Å². The lowest BCUT2D eigenvalue weighted by atomic mass is 9.80. The fourth-order valence-corrected chi connectivity index (χ4v) is 3.60. The summed E-state index contributed by atoms with van der Waals surface area (Å²) in [7, 11) is 0. The first-order chi connectivity index (χ1) is 6.91. The van der Waals surface area contributed by atoms with Crippen molar-refractivity contribution in [1.82, 2.24) is 10.2 Å². The molecule has 80 valence electrons. The molecule has 1 unspecified atom stereocenters. The molecule has 2 heteroatoms. The highest BCUT2D eigenvalue weighted by atomic mass is 15.2. The molecule has 0 aromatic carbocycles. The normalized spacial score (nSPS) is 37.3. The van der Waals surface area contributed by atoms with Crippen LogP contribution in [-0.2, 0) is 0 Å². The highest BCUT2D eigenvalue weighted by molar-refractivity contribution is 5.05. The third kappa shape index (κ3) is 1.49. The summed E-state index contributed by atoms with van der Waals surface area (Å²) in [5.74, 6) is 0. The largest absolute Gasteiger partial charge is 0.314 e. The Labute approximate surface area is 87.0 Å². The monoisotopic (exact) mass is 194 g/mol. The molecule has 2 nitrogen and oxygen atoms in total. The van der Waals surface area contributed by atoms with Crippen molar-refractivity contribution in [2.75, 3.05) is 26.2 Å². The van der Waals surface area contributed by atoms with Crippen molar-refractivity contribution in [3.8, 4) is 0 Å². The molecule has 1 atom stereocenters. The lowest BCUT2D eigenvalue weighted by molar-refractivity contribution is 0.0780. The molecule has 14 heavy (non-hydrogen) atoms. The van der Waals surface area contributed by atoms with Crippen LogP contribution in [0.5, 0.6) is 0 Å². The molecule has 3 rings (SSSR count). The summed E-state index contributed by atoms with van der Waals surface area (Å²) in [6.07, 6.45) is 9.06. The maximum absolute atomic E-state index is 3.46. The summed E-state index contributed by atoms with van der Waals surface area (Å²) in [6.45, 7) is 5.03. The summed E-state index contributed by atoms with van der Waals surface area (Å²) in [5, 5.41) is 3.46. The topological polar surface area (TPSA) is 15.3 Å². The predicted octanol–water partition coefficient (Wildman–Crippen LogP) is 1.61. The van der Waals surface area contributed by atoms with Crippen molar-refractivity contribution in [1.29, 1.82) is 0 Å². The highest BCUT2D eigenvalue weighted by Gasteiger charge is 2.51. The van der Waals surface area contributed by atoms with E-state index in [2.05, 4.69) is 10.2 Å². The first kappa shape index (κ1) is 9.17. The molecule has 0 amide bonds. The van der Waals surface area contributed by atoms with Crippen LogP contribution in [0.25, 0.3) is 0 Å². The summed E-state index contributed by atoms with van der Waals surface area (Å²) in [5.41, 5.74) is 0.801. The van der Waals surface area contributed by atoms with Gasteiger partial charge in [-0.05, 0) is 31.1 Å². The fourth-order valence-electron chi connectivity index (χ4n) is 3.60. The molecule has 1 spiro atoms. The minimum atomic E-state index is 0.801. The first-order valence-corrected chi connectivity index (χ1v) is 6.36. The van der Waals surface area contributed by atoms with Crippen LogP contribution in [0.15, 0.2) is 0 Å². The summed E-state index contributed by atoms with van der Waals surface area (Å²) < 4.78 is 0. The summed E-state index contributed by atoms with van der Waals surface area (Å²) in [6, 6.07) is 0.957. The number of rotatable bonds is 1. The minimum absolute atomic E-state index is 0.801. The van der Waals surface area contributed by atoms with E-state index < -0.39 is 0 Å². The molecule has 1 heterocycles. The van der Waals surface area contributed by atoms with E-state index in [1.165, 1.54) is 64.7 Å². The fraction of sp³-hybridized carbons (Fsp3) is 1.00. The lowest BCUT2D eigenvalue weighted by Gasteiger charge is -2.42. The molecule has 3 aliphatic rings. The van der Waals surface area contributed by atoms with E-state index in [1.807, 2.05) is 0 Å². The molecule has 2 aliphatic carbocycles. The van der Waals surface area contributed by atoms with Gasteiger partial charge in [0, 0.05) is 32.2 Å². The van der Waals surface area contributed by atoms with Crippen LogP contribution in [0.4, 0.5) is 0 Å². The third-order valence-electron chi connectivity index (χ3n) is 4.59. The molecule has 1 aliphatic heterocycles. The predicted molar refractivity (Wildman–Crippen MR) is 58.4 cm³/mol. The van der Waals surface area contributed by atoms with Gasteiger partial charge in [0.1, 0.15) is 0 Å². The average Bonchev–Trinajstić information content (AvgIpc) is 3.01. The zero-order valence-corrected chi connectivity index (χ0v) is 9.10. The second-order valence-corrected chi connectivity index (χ2v) is 5.41. The second-order valence-electron chi connectivity index (χ2n) is 5.41. The van der Waals surface area contributed by atoms with E-state index in [4.69, 9.17) is 0 Å². The van der Waals surface area contributed by atoms with Crippen LogP contribution in [0.1, 0.15) is 38.5 Å². The van der Waals surface area contributed by atoms with Crippen molar-refractivity contribution in [3.63, 3.8) is 0 Å². The number of nitrogens with one attached hydrogen (secondary N) is 1. The zero-order valence-electron chi connectivity index (χ0n) is 9.10. The molecule has 0 radical (unpaired) electrons. The van der Waals surface area contributed by atoms with Crippen molar-refractivity contribution in [2.24, 2.45) is 5.41 Å². The summed E-state index contributed by atoms with van der Waals surface area (Å²) >= 11 is 0. The van der Waals surface area contributed by atoms with Gasteiger partial charge < -0.3 is 5.32 Å². The van der Waals surface area contributed by atoms with Crippen LogP contribution < -0.4 is 5.32 Å². The molecule has 0 aromatic heterocycles. The number of hydrogen-bond acceptors (Lipinski definition) is 2. The van der Waals surface area contributed by atoms with Gasteiger partial charge >= 0.3 is 0 Å². The molecule has 1 saturated heterocycles. The third-order valence-corrected chi connectivity index (χ3v) is 4.59. The molecule has 0 aromatic rings. The van der Waals surface area contributed by atoms with Gasteiger partial charge in [-0.2, -0.15) is 0 Å². The van der Waals surface area contributed by atoms with Gasteiger partial charge in [0.05, 0.1) is 0 Å². The Morgan fingerprint density at radius 3 is 2.50 bits per heavy atom. The first-order valence-electron chi connectivity index (χ1n) is 6.36. The van der Waals surface area contributed by atoms with E-state index >= 15 is 0 Å². The number of piperazine rings is 1. The Hall–Kier alpha value is -0.0800. The van der Waals surface area contributed by atoms with E-state index in [1.54, 1.807) is 0 Å². The molecule has 0 bridgehead atoms. The molecule has 2 saturated carbocycles. The average molecular weight is 194 g/mol. The van der Waals surface area contributed by atoms with Crippen molar-refractivity contribution >= 4 is 0 Å².